The first kappa shape index (κ1) is 22.8. The summed E-state index contributed by atoms with van der Waals surface area (Å²) in [4.78, 5) is 12.6. The van der Waals surface area contributed by atoms with Crippen LogP contribution in [0.15, 0.2) is 83.8 Å². The molecule has 33 heavy (non-hydrogen) atoms. The van der Waals surface area contributed by atoms with Crippen molar-refractivity contribution in [2.75, 3.05) is 17.9 Å². The van der Waals surface area contributed by atoms with Crippen molar-refractivity contribution in [1.82, 2.24) is 5.32 Å². The van der Waals surface area contributed by atoms with Crippen LogP contribution in [0, 0.1) is 0 Å². The molecule has 1 fully saturated rings. The minimum absolute atomic E-state index is 0.0847. The third-order valence-corrected chi connectivity index (χ3v) is 6.69. The lowest BCUT2D eigenvalue weighted by atomic mass is 10.2. The van der Waals surface area contributed by atoms with Crippen molar-refractivity contribution in [2.24, 2.45) is 0 Å². The molecular weight excluding hydrogens is 440 g/mol. The molecule has 3 aromatic rings. The van der Waals surface area contributed by atoms with E-state index in [2.05, 4.69) is 10.0 Å². The van der Waals surface area contributed by atoms with Gasteiger partial charge in [-0.3, -0.25) is 9.52 Å². The molecule has 0 radical (unpaired) electrons. The lowest BCUT2D eigenvalue weighted by molar-refractivity contribution is 0.0679. The standard InChI is InChI=1S/C25H26N2O5S/c28-25(26-17-19-8-12-22(13-9-19)32-18-23-7-4-16-31-23)20-10-14-24(15-11-20)33(29,30)27-21-5-2-1-3-6-21/h1-3,5-6,8-15,23,27H,4,7,16-18H2,(H,26,28). The van der Waals surface area contributed by atoms with Crippen molar-refractivity contribution in [3.63, 3.8) is 0 Å². The van der Waals surface area contributed by atoms with Crippen molar-refractivity contribution in [2.45, 2.75) is 30.4 Å². The Labute approximate surface area is 193 Å². The average Bonchev–Trinajstić information content (AvgIpc) is 3.36. The molecule has 8 heteroatoms. The summed E-state index contributed by atoms with van der Waals surface area (Å²) in [5, 5.41) is 2.84. The van der Waals surface area contributed by atoms with Gasteiger partial charge in [0.2, 0.25) is 0 Å². The van der Waals surface area contributed by atoms with Crippen LogP contribution in [-0.2, 0) is 21.3 Å². The molecule has 0 spiro atoms. The molecule has 2 N–H and O–H groups in total. The number of carbonyl (C=O) groups excluding carboxylic acids is 1. The molecule has 1 heterocycles. The molecule has 1 atom stereocenters. The minimum atomic E-state index is -3.73. The van der Waals surface area contributed by atoms with Gasteiger partial charge in [0.1, 0.15) is 12.4 Å². The highest BCUT2D eigenvalue weighted by Gasteiger charge is 2.16. The highest BCUT2D eigenvalue weighted by molar-refractivity contribution is 7.92. The van der Waals surface area contributed by atoms with E-state index in [-0.39, 0.29) is 16.9 Å². The van der Waals surface area contributed by atoms with Crippen LogP contribution in [0.25, 0.3) is 0 Å². The fourth-order valence-electron chi connectivity index (χ4n) is 3.46. The molecule has 1 saturated heterocycles. The van der Waals surface area contributed by atoms with E-state index in [1.807, 2.05) is 24.3 Å². The lowest BCUT2D eigenvalue weighted by Crippen LogP contribution is -2.23. The number of nitrogens with one attached hydrogen (secondary N) is 2. The van der Waals surface area contributed by atoms with Gasteiger partial charge in [-0.15, -0.1) is 0 Å². The van der Waals surface area contributed by atoms with Gasteiger partial charge in [-0.2, -0.15) is 0 Å². The number of ether oxygens (including phenoxy) is 2. The number of hydrogen-bond acceptors (Lipinski definition) is 5. The second kappa shape index (κ2) is 10.5. The summed E-state index contributed by atoms with van der Waals surface area (Å²) in [7, 11) is -3.73. The van der Waals surface area contributed by atoms with Gasteiger partial charge in [-0.1, -0.05) is 30.3 Å². The Morgan fingerprint density at radius 1 is 0.970 bits per heavy atom. The molecule has 1 aliphatic heterocycles. The Kier molecular flexibility index (Phi) is 7.26. The summed E-state index contributed by atoms with van der Waals surface area (Å²) in [6, 6.07) is 22.0. The summed E-state index contributed by atoms with van der Waals surface area (Å²) in [6.07, 6.45) is 2.27. The molecule has 4 rings (SSSR count). The number of para-hydroxylation sites is 1. The zero-order valence-corrected chi connectivity index (χ0v) is 18.9. The average molecular weight is 467 g/mol. The third kappa shape index (κ3) is 6.34. The zero-order chi connectivity index (χ0) is 23.1. The number of carbonyl (C=O) groups is 1. The van der Waals surface area contributed by atoms with Gasteiger partial charge in [0.15, 0.2) is 0 Å². The Morgan fingerprint density at radius 2 is 1.70 bits per heavy atom. The lowest BCUT2D eigenvalue weighted by Gasteiger charge is -2.12. The van der Waals surface area contributed by atoms with E-state index < -0.39 is 10.0 Å². The Morgan fingerprint density at radius 3 is 2.36 bits per heavy atom. The number of anilines is 1. The number of hydrogen-bond donors (Lipinski definition) is 2. The van der Waals surface area contributed by atoms with E-state index in [1.54, 1.807) is 30.3 Å². The van der Waals surface area contributed by atoms with Crippen LogP contribution in [0.1, 0.15) is 28.8 Å². The maximum absolute atomic E-state index is 12.5. The first-order valence-electron chi connectivity index (χ1n) is 10.8. The van der Waals surface area contributed by atoms with Crippen molar-refractivity contribution >= 4 is 21.6 Å². The highest BCUT2D eigenvalue weighted by Crippen LogP contribution is 2.18. The monoisotopic (exact) mass is 466 g/mol. The highest BCUT2D eigenvalue weighted by atomic mass is 32.2. The van der Waals surface area contributed by atoms with E-state index in [4.69, 9.17) is 9.47 Å². The van der Waals surface area contributed by atoms with Crippen LogP contribution < -0.4 is 14.8 Å². The van der Waals surface area contributed by atoms with Gasteiger partial charge in [-0.25, -0.2) is 8.42 Å². The van der Waals surface area contributed by atoms with E-state index in [0.717, 1.165) is 30.8 Å². The first-order chi connectivity index (χ1) is 16.0. The van der Waals surface area contributed by atoms with E-state index in [0.29, 0.717) is 24.4 Å². The summed E-state index contributed by atoms with van der Waals surface area (Å²) in [5.41, 5.74) is 1.78. The molecule has 0 aromatic heterocycles. The number of benzene rings is 3. The molecular formula is C25H26N2O5S. The largest absolute Gasteiger partial charge is 0.491 e. The molecule has 1 amide bonds. The van der Waals surface area contributed by atoms with Gasteiger partial charge >= 0.3 is 0 Å². The summed E-state index contributed by atoms with van der Waals surface area (Å²) >= 11 is 0. The fraction of sp³-hybridized carbons (Fsp3) is 0.240. The molecule has 172 valence electrons. The Bertz CT molecular complexity index is 1160. The van der Waals surface area contributed by atoms with E-state index in [9.17, 15) is 13.2 Å². The van der Waals surface area contributed by atoms with Crippen LogP contribution in [0.5, 0.6) is 5.75 Å². The summed E-state index contributed by atoms with van der Waals surface area (Å²) in [5.74, 6) is 0.482. The van der Waals surface area contributed by atoms with Crippen LogP contribution in [-0.4, -0.2) is 33.6 Å². The SMILES string of the molecule is O=C(NCc1ccc(OCC2CCCO2)cc1)c1ccc(S(=O)(=O)Nc2ccccc2)cc1. The molecule has 1 aliphatic rings. The topological polar surface area (TPSA) is 93.7 Å². The van der Waals surface area contributed by atoms with Gasteiger partial charge in [-0.05, 0) is 66.9 Å². The predicted octanol–water partition coefficient (Wildman–Crippen LogP) is 3.98. The Balaban J connectivity index is 1.28. The smallest absolute Gasteiger partial charge is 0.261 e. The first-order valence-corrected chi connectivity index (χ1v) is 12.3. The van der Waals surface area contributed by atoms with E-state index >= 15 is 0 Å². The van der Waals surface area contributed by atoms with Gasteiger partial charge in [0.05, 0.1) is 11.0 Å². The van der Waals surface area contributed by atoms with Crippen LogP contribution in [0.3, 0.4) is 0 Å². The van der Waals surface area contributed by atoms with E-state index in [1.165, 1.54) is 24.3 Å². The molecule has 7 nitrogen and oxygen atoms in total. The second-order valence-electron chi connectivity index (χ2n) is 7.77. The van der Waals surface area contributed by atoms with Crippen LogP contribution in [0.2, 0.25) is 0 Å². The maximum atomic E-state index is 12.5. The quantitative estimate of drug-likeness (QED) is 0.498. The third-order valence-electron chi connectivity index (χ3n) is 5.29. The van der Waals surface area contributed by atoms with Crippen LogP contribution >= 0.6 is 0 Å². The molecule has 3 aromatic carbocycles. The normalized spacial score (nSPS) is 15.7. The van der Waals surface area contributed by atoms with Crippen molar-refractivity contribution in [3.8, 4) is 5.75 Å². The van der Waals surface area contributed by atoms with Crippen molar-refractivity contribution < 1.29 is 22.7 Å². The summed E-state index contributed by atoms with van der Waals surface area (Å²) in [6.45, 7) is 1.69. The van der Waals surface area contributed by atoms with Gasteiger partial charge in [0.25, 0.3) is 15.9 Å². The molecule has 0 saturated carbocycles. The van der Waals surface area contributed by atoms with Crippen molar-refractivity contribution in [1.29, 1.82) is 0 Å². The Hall–Kier alpha value is -3.36. The zero-order valence-electron chi connectivity index (χ0n) is 18.1. The molecule has 1 unspecified atom stereocenters. The van der Waals surface area contributed by atoms with Crippen LogP contribution in [0.4, 0.5) is 5.69 Å². The molecule has 0 aliphatic carbocycles. The number of sulfonamides is 1. The van der Waals surface area contributed by atoms with Gasteiger partial charge < -0.3 is 14.8 Å². The van der Waals surface area contributed by atoms with Gasteiger partial charge in [0, 0.05) is 24.4 Å². The minimum Gasteiger partial charge on any atom is -0.491 e. The fourth-order valence-corrected chi connectivity index (χ4v) is 4.52. The predicted molar refractivity (Wildman–Crippen MR) is 126 cm³/mol. The van der Waals surface area contributed by atoms with Crippen molar-refractivity contribution in [3.05, 3.63) is 90.0 Å². The second-order valence-corrected chi connectivity index (χ2v) is 9.45. The number of rotatable bonds is 9. The number of amides is 1. The molecule has 0 bridgehead atoms. The summed E-state index contributed by atoms with van der Waals surface area (Å²) < 4.78 is 38.8. The maximum Gasteiger partial charge on any atom is 0.261 e.